The molecule has 0 aliphatic carbocycles. The summed E-state index contributed by atoms with van der Waals surface area (Å²) in [7, 11) is 0. The van der Waals surface area contributed by atoms with Crippen molar-refractivity contribution in [1.29, 1.82) is 0 Å². The van der Waals surface area contributed by atoms with Crippen molar-refractivity contribution in [2.45, 2.75) is 6.92 Å². The van der Waals surface area contributed by atoms with Crippen LogP contribution >= 0.6 is 48.6 Å². The Morgan fingerprint density at radius 1 is 1.04 bits per heavy atom. The van der Waals surface area contributed by atoms with Crippen LogP contribution in [0.15, 0.2) is 35.8 Å². The molecule has 1 aromatic heterocycles. The lowest BCUT2D eigenvalue weighted by Crippen LogP contribution is -2.47. The Balaban J connectivity index is 0.00000176. The Morgan fingerprint density at radius 2 is 1.71 bits per heavy atom. The number of rotatable bonds is 5. The molecule has 0 saturated carbocycles. The number of hydrogen-bond acceptors (Lipinski definition) is 5. The maximum Gasteiger partial charge on any atom is 0.196 e. The number of benzene rings is 1. The molecule has 0 amide bonds. The molecule has 4 nitrogen and oxygen atoms in total. The maximum atomic E-state index is 5.79. The Bertz CT molecular complexity index is 563. The van der Waals surface area contributed by atoms with Gasteiger partial charge in [0, 0.05) is 38.4 Å². The molecule has 8 heteroatoms. The molecular formula is C16H24Cl3N3OS. The zero-order valence-corrected chi connectivity index (χ0v) is 16.9. The summed E-state index contributed by atoms with van der Waals surface area (Å²) >= 11 is 1.57. The highest BCUT2D eigenvalue weighted by Gasteiger charge is 2.16. The number of piperazine rings is 1. The minimum absolute atomic E-state index is 0. The van der Waals surface area contributed by atoms with E-state index in [1.54, 1.807) is 11.3 Å². The van der Waals surface area contributed by atoms with Crippen LogP contribution in [0.1, 0.15) is 5.69 Å². The van der Waals surface area contributed by atoms with Gasteiger partial charge in [-0.15, -0.1) is 37.2 Å². The molecule has 1 aliphatic heterocycles. The lowest BCUT2D eigenvalue weighted by Gasteiger charge is -2.36. The van der Waals surface area contributed by atoms with E-state index in [2.05, 4.69) is 45.1 Å². The van der Waals surface area contributed by atoms with Gasteiger partial charge in [0.25, 0.3) is 0 Å². The van der Waals surface area contributed by atoms with Gasteiger partial charge >= 0.3 is 0 Å². The molecule has 0 unspecified atom stereocenters. The van der Waals surface area contributed by atoms with Crippen molar-refractivity contribution >= 4 is 54.2 Å². The topological polar surface area (TPSA) is 28.6 Å². The summed E-state index contributed by atoms with van der Waals surface area (Å²) in [6.45, 7) is 8.09. The van der Waals surface area contributed by atoms with Gasteiger partial charge in [0.05, 0.1) is 11.2 Å². The third-order valence-corrected chi connectivity index (χ3v) is 4.67. The van der Waals surface area contributed by atoms with Crippen LogP contribution in [0.5, 0.6) is 5.06 Å². The first kappa shape index (κ1) is 23.3. The Labute approximate surface area is 166 Å². The van der Waals surface area contributed by atoms with Gasteiger partial charge in [0.15, 0.2) is 5.06 Å². The summed E-state index contributed by atoms with van der Waals surface area (Å²) < 4.78 is 5.79. The fraction of sp³-hybridized carbons (Fsp3) is 0.438. The molecule has 0 N–H and O–H groups in total. The van der Waals surface area contributed by atoms with Gasteiger partial charge in [0.2, 0.25) is 0 Å². The van der Waals surface area contributed by atoms with Gasteiger partial charge < -0.3 is 9.64 Å². The third-order valence-electron chi connectivity index (χ3n) is 3.84. The standard InChI is InChI=1S/C16H21N3OS.3ClH/c1-14-16(21-13-17-14)20-12-11-18-7-9-19(10-8-18)15-5-3-2-4-6-15;;;/h2-6,13H,7-12H2,1H3;3*1H. The molecule has 0 spiro atoms. The average Bonchev–Trinajstić information content (AvgIpc) is 2.94. The van der Waals surface area contributed by atoms with E-state index in [1.807, 2.05) is 12.4 Å². The minimum Gasteiger partial charge on any atom is -0.481 e. The van der Waals surface area contributed by atoms with Crippen molar-refractivity contribution in [2.24, 2.45) is 0 Å². The fourth-order valence-corrected chi connectivity index (χ4v) is 3.25. The molecule has 1 saturated heterocycles. The van der Waals surface area contributed by atoms with Gasteiger partial charge in [-0.1, -0.05) is 29.5 Å². The number of ether oxygens (including phenoxy) is 1. The lowest BCUT2D eigenvalue weighted by molar-refractivity contribution is 0.202. The smallest absolute Gasteiger partial charge is 0.196 e. The monoisotopic (exact) mass is 411 g/mol. The third kappa shape index (κ3) is 6.30. The van der Waals surface area contributed by atoms with Gasteiger partial charge in [-0.2, -0.15) is 0 Å². The molecule has 136 valence electrons. The number of hydrogen-bond donors (Lipinski definition) is 0. The van der Waals surface area contributed by atoms with Crippen LogP contribution in [0.3, 0.4) is 0 Å². The predicted octanol–water partition coefficient (Wildman–Crippen LogP) is 3.92. The molecule has 24 heavy (non-hydrogen) atoms. The van der Waals surface area contributed by atoms with E-state index >= 15 is 0 Å². The fourth-order valence-electron chi connectivity index (χ4n) is 2.57. The highest BCUT2D eigenvalue weighted by Crippen LogP contribution is 2.22. The van der Waals surface area contributed by atoms with Gasteiger partial charge in [-0.05, 0) is 19.1 Å². The summed E-state index contributed by atoms with van der Waals surface area (Å²) in [5, 5.41) is 0.956. The van der Waals surface area contributed by atoms with Gasteiger partial charge in [0.1, 0.15) is 6.61 Å². The van der Waals surface area contributed by atoms with Crippen LogP contribution < -0.4 is 9.64 Å². The van der Waals surface area contributed by atoms with Crippen molar-refractivity contribution < 1.29 is 4.74 Å². The van der Waals surface area contributed by atoms with E-state index in [-0.39, 0.29) is 37.2 Å². The molecule has 0 atom stereocenters. The first-order valence-electron chi connectivity index (χ1n) is 7.38. The highest BCUT2D eigenvalue weighted by molar-refractivity contribution is 7.11. The van der Waals surface area contributed by atoms with Crippen LogP contribution in [-0.2, 0) is 0 Å². The summed E-state index contributed by atoms with van der Waals surface area (Å²) in [6, 6.07) is 10.6. The second-order valence-corrected chi connectivity index (χ2v) is 6.06. The predicted molar refractivity (Wildman–Crippen MR) is 109 cm³/mol. The number of aromatic nitrogens is 1. The number of nitrogens with zero attached hydrogens (tertiary/aromatic N) is 3. The zero-order chi connectivity index (χ0) is 14.5. The SMILES string of the molecule is Cc1ncsc1OCCN1CCN(c2ccccc2)CC1.Cl.Cl.Cl. The van der Waals surface area contributed by atoms with Crippen molar-refractivity contribution in [2.75, 3.05) is 44.2 Å². The molecule has 1 aliphatic rings. The Morgan fingerprint density at radius 3 is 2.29 bits per heavy atom. The van der Waals surface area contributed by atoms with Gasteiger partial charge in [-0.3, -0.25) is 4.90 Å². The molecule has 2 aromatic rings. The van der Waals surface area contributed by atoms with Crippen molar-refractivity contribution in [3.05, 3.63) is 41.5 Å². The minimum atomic E-state index is 0. The summed E-state index contributed by atoms with van der Waals surface area (Å²) in [4.78, 5) is 9.12. The first-order valence-corrected chi connectivity index (χ1v) is 8.26. The second kappa shape index (κ2) is 11.8. The normalized spacial score (nSPS) is 14.1. The van der Waals surface area contributed by atoms with E-state index < -0.39 is 0 Å². The number of aryl methyl sites for hydroxylation is 1. The van der Waals surface area contributed by atoms with Crippen molar-refractivity contribution in [1.82, 2.24) is 9.88 Å². The van der Waals surface area contributed by atoms with E-state index in [4.69, 9.17) is 4.74 Å². The van der Waals surface area contributed by atoms with Crippen LogP contribution in [0.4, 0.5) is 5.69 Å². The highest BCUT2D eigenvalue weighted by atomic mass is 35.5. The number of thiazole rings is 1. The largest absolute Gasteiger partial charge is 0.481 e. The maximum absolute atomic E-state index is 5.79. The van der Waals surface area contributed by atoms with E-state index in [0.29, 0.717) is 0 Å². The quantitative estimate of drug-likeness (QED) is 0.744. The lowest BCUT2D eigenvalue weighted by atomic mass is 10.2. The number of anilines is 1. The summed E-state index contributed by atoms with van der Waals surface area (Å²) in [6.07, 6.45) is 0. The van der Waals surface area contributed by atoms with E-state index in [9.17, 15) is 0 Å². The number of halogens is 3. The molecular weight excluding hydrogens is 389 g/mol. The molecule has 2 heterocycles. The summed E-state index contributed by atoms with van der Waals surface area (Å²) in [5.74, 6) is 0. The van der Waals surface area contributed by atoms with E-state index in [1.165, 1.54) is 5.69 Å². The molecule has 1 fully saturated rings. The van der Waals surface area contributed by atoms with Gasteiger partial charge in [-0.25, -0.2) is 4.98 Å². The average molecular weight is 413 g/mol. The zero-order valence-electron chi connectivity index (χ0n) is 13.6. The van der Waals surface area contributed by atoms with Crippen molar-refractivity contribution in [3.63, 3.8) is 0 Å². The molecule has 0 bridgehead atoms. The van der Waals surface area contributed by atoms with Crippen LogP contribution in [0, 0.1) is 6.92 Å². The van der Waals surface area contributed by atoms with Crippen LogP contribution in [0.2, 0.25) is 0 Å². The molecule has 3 rings (SSSR count). The van der Waals surface area contributed by atoms with Crippen LogP contribution in [0.25, 0.3) is 0 Å². The summed E-state index contributed by atoms with van der Waals surface area (Å²) in [5.41, 5.74) is 4.16. The molecule has 1 aromatic carbocycles. The van der Waals surface area contributed by atoms with E-state index in [0.717, 1.165) is 50.1 Å². The Hall–Kier alpha value is -0.720. The second-order valence-electron chi connectivity index (χ2n) is 5.24. The van der Waals surface area contributed by atoms with Crippen LogP contribution in [-0.4, -0.2) is 49.2 Å². The Kier molecular flexibility index (Phi) is 11.4. The first-order chi connectivity index (χ1) is 10.3. The molecule has 0 radical (unpaired) electrons. The number of para-hydroxylation sites is 1. The van der Waals surface area contributed by atoms with Crippen molar-refractivity contribution in [3.8, 4) is 5.06 Å².